The summed E-state index contributed by atoms with van der Waals surface area (Å²) >= 11 is 0. The van der Waals surface area contributed by atoms with Crippen molar-refractivity contribution in [3.05, 3.63) is 155 Å². The van der Waals surface area contributed by atoms with Crippen LogP contribution in [0.5, 0.6) is 0 Å². The molecule has 5 atom stereocenters. The Bertz CT molecular complexity index is 2040. The van der Waals surface area contributed by atoms with Gasteiger partial charge in [0.1, 0.15) is 0 Å². The maximum Gasteiger partial charge on any atom is 0.224 e. The van der Waals surface area contributed by atoms with Crippen LogP contribution in [-0.2, 0) is 32.2 Å². The summed E-state index contributed by atoms with van der Waals surface area (Å²) in [4.78, 5) is 27.0. The minimum Gasteiger partial charge on any atom is -0.397 e. The lowest BCUT2D eigenvalue weighted by Gasteiger charge is -2.39. The molecule has 0 aromatic heterocycles. The first-order valence-electron chi connectivity index (χ1n) is 19.7. The van der Waals surface area contributed by atoms with E-state index < -0.39 is 12.4 Å². The number of carbonyl (C=O) groups is 2. The van der Waals surface area contributed by atoms with Crippen LogP contribution in [-0.4, -0.2) is 52.7 Å². The quantitative estimate of drug-likeness (QED) is 0.0475. The Balaban J connectivity index is 1.04. The van der Waals surface area contributed by atoms with Gasteiger partial charge in [0.25, 0.3) is 0 Å². The zero-order chi connectivity index (χ0) is 40.1. The molecule has 1 aliphatic rings. The molecule has 0 bridgehead atoms. The Labute approximate surface area is 335 Å². The Kier molecular flexibility index (Phi) is 14.6. The van der Waals surface area contributed by atoms with Crippen LogP contribution in [0.4, 0.5) is 11.4 Å². The number of aliphatic hydroxyl groups is 2. The first-order chi connectivity index (χ1) is 27.7. The van der Waals surface area contributed by atoms with Gasteiger partial charge in [-0.25, -0.2) is 0 Å². The van der Waals surface area contributed by atoms with Gasteiger partial charge in [-0.2, -0.15) is 0 Å². The monoisotopic (exact) mass is 770 g/mol. The summed E-state index contributed by atoms with van der Waals surface area (Å²) in [6.45, 7) is 3.00. The Morgan fingerprint density at radius 3 is 2.19 bits per heavy atom. The van der Waals surface area contributed by atoms with Crippen LogP contribution in [0.1, 0.15) is 85.3 Å². The highest BCUT2D eigenvalue weighted by molar-refractivity contribution is 5.93. The molecule has 6 N–H and O–H groups in total. The molecule has 6 rings (SSSR count). The predicted octanol–water partition coefficient (Wildman–Crippen LogP) is 7.84. The van der Waals surface area contributed by atoms with Crippen molar-refractivity contribution in [2.75, 3.05) is 24.6 Å². The number of amides is 2. The van der Waals surface area contributed by atoms with Gasteiger partial charge in [0.05, 0.1) is 36.3 Å². The molecule has 2 amide bonds. The minimum absolute atomic E-state index is 0.0218. The average Bonchev–Trinajstić information content (AvgIpc) is 3.25. The zero-order valence-corrected chi connectivity index (χ0v) is 32.7. The van der Waals surface area contributed by atoms with Crippen LogP contribution in [0, 0.1) is 0 Å². The Hall–Kier alpha value is -5.36. The Morgan fingerprint density at radius 2 is 1.47 bits per heavy atom. The Morgan fingerprint density at radius 1 is 0.789 bits per heavy atom. The van der Waals surface area contributed by atoms with Gasteiger partial charge in [-0.1, -0.05) is 109 Å². The summed E-state index contributed by atoms with van der Waals surface area (Å²) in [7, 11) is 2.01. The largest absolute Gasteiger partial charge is 0.397 e. The number of rotatable bonds is 17. The fourth-order valence-electron chi connectivity index (χ4n) is 7.07. The standard InChI is InChI=1S/C47H54N4O6/c1-32(46(55)37-12-4-3-5-13-37)51(2)30-40-28-43(36-21-19-33(31-52)20-22-36)57-47(56-40)38-25-23-35(24-26-38)39-14-10-11-34(27-39)29-49-44(53)17-8-9-18-45(54)50-42-16-7-6-15-41(42)48/h3-7,10-16,19-27,32,40,43,46-47,52,55H,8-9,17-18,28-31,48H2,1-2H3,(H,49,53)(H,50,54)/t32-,40+,43-,46-,47-/m0/s1. The molecule has 298 valence electrons. The molecule has 1 saturated heterocycles. The van der Waals surface area contributed by atoms with Crippen molar-refractivity contribution in [3.63, 3.8) is 0 Å². The van der Waals surface area contributed by atoms with Gasteiger partial charge in [-0.15, -0.1) is 0 Å². The lowest BCUT2D eigenvalue weighted by atomic mass is 9.98. The molecule has 5 aromatic carbocycles. The van der Waals surface area contributed by atoms with E-state index in [1.165, 1.54) is 0 Å². The van der Waals surface area contributed by atoms with Crippen molar-refractivity contribution >= 4 is 23.2 Å². The third kappa shape index (κ3) is 11.6. The van der Waals surface area contributed by atoms with Crippen LogP contribution in [0.15, 0.2) is 127 Å². The van der Waals surface area contributed by atoms with Crippen LogP contribution in [0.25, 0.3) is 11.1 Å². The number of nitrogens with one attached hydrogen (secondary N) is 2. The van der Waals surface area contributed by atoms with E-state index in [0.717, 1.165) is 38.9 Å². The molecule has 57 heavy (non-hydrogen) atoms. The van der Waals surface area contributed by atoms with E-state index in [0.29, 0.717) is 56.6 Å². The normalized spacial score (nSPS) is 17.8. The highest BCUT2D eigenvalue weighted by Crippen LogP contribution is 2.39. The fourth-order valence-corrected chi connectivity index (χ4v) is 7.07. The molecule has 0 radical (unpaired) electrons. The summed E-state index contributed by atoms with van der Waals surface area (Å²) in [5.74, 6) is -0.177. The molecule has 10 heteroatoms. The fraction of sp³-hybridized carbons (Fsp3) is 0.319. The summed E-state index contributed by atoms with van der Waals surface area (Å²) < 4.78 is 13.2. The van der Waals surface area contributed by atoms with Crippen molar-refractivity contribution in [1.29, 1.82) is 0 Å². The number of carbonyl (C=O) groups excluding carboxylic acids is 2. The summed E-state index contributed by atoms with van der Waals surface area (Å²) in [6.07, 6.45) is 0.846. The molecular weight excluding hydrogens is 717 g/mol. The predicted molar refractivity (Wildman–Crippen MR) is 224 cm³/mol. The van der Waals surface area contributed by atoms with Crippen molar-refractivity contribution in [3.8, 4) is 11.1 Å². The average molecular weight is 771 g/mol. The molecule has 1 fully saturated rings. The number of benzene rings is 5. The number of para-hydroxylation sites is 2. The van der Waals surface area contributed by atoms with Gasteiger partial charge in [-0.05, 0) is 78.4 Å². The van der Waals surface area contributed by atoms with Gasteiger partial charge in [-0.3, -0.25) is 14.5 Å². The highest BCUT2D eigenvalue weighted by Gasteiger charge is 2.34. The first-order valence-corrected chi connectivity index (χ1v) is 19.7. The lowest BCUT2D eigenvalue weighted by Crippen LogP contribution is -2.43. The van der Waals surface area contributed by atoms with Crippen LogP contribution in [0.3, 0.4) is 0 Å². The van der Waals surface area contributed by atoms with Gasteiger partial charge in [0, 0.05) is 44.0 Å². The van der Waals surface area contributed by atoms with Crippen LogP contribution < -0.4 is 16.4 Å². The maximum atomic E-state index is 12.6. The second kappa shape index (κ2) is 20.2. The summed E-state index contributed by atoms with van der Waals surface area (Å²) in [5.41, 5.74) is 13.7. The van der Waals surface area contributed by atoms with Gasteiger partial charge >= 0.3 is 0 Å². The molecular formula is C47H54N4O6. The van der Waals surface area contributed by atoms with E-state index in [-0.39, 0.29) is 36.7 Å². The van der Waals surface area contributed by atoms with Crippen molar-refractivity contribution < 1.29 is 29.3 Å². The number of nitrogens with zero attached hydrogens (tertiary/aromatic N) is 1. The number of aliphatic hydroxyl groups excluding tert-OH is 2. The first kappa shape index (κ1) is 41.3. The number of likely N-dealkylation sites (N-methyl/N-ethyl adjacent to an activating group) is 1. The topological polar surface area (TPSA) is 146 Å². The van der Waals surface area contributed by atoms with Crippen LogP contribution in [0.2, 0.25) is 0 Å². The molecule has 10 nitrogen and oxygen atoms in total. The smallest absolute Gasteiger partial charge is 0.224 e. The highest BCUT2D eigenvalue weighted by atomic mass is 16.7. The van der Waals surface area contributed by atoms with E-state index >= 15 is 0 Å². The van der Waals surface area contributed by atoms with Crippen molar-refractivity contribution in [1.82, 2.24) is 10.2 Å². The second-order valence-corrected chi connectivity index (χ2v) is 14.8. The summed E-state index contributed by atoms with van der Waals surface area (Å²) in [5, 5.41) is 26.6. The molecule has 5 aromatic rings. The van der Waals surface area contributed by atoms with Gasteiger partial charge < -0.3 is 36.1 Å². The van der Waals surface area contributed by atoms with E-state index in [4.69, 9.17) is 15.2 Å². The number of nitrogens with two attached hydrogens (primary N) is 1. The van der Waals surface area contributed by atoms with E-state index in [1.807, 2.05) is 111 Å². The van der Waals surface area contributed by atoms with Crippen molar-refractivity contribution in [2.45, 2.75) is 82.8 Å². The third-order valence-electron chi connectivity index (χ3n) is 10.6. The number of hydrogen-bond donors (Lipinski definition) is 5. The molecule has 0 aliphatic carbocycles. The maximum absolute atomic E-state index is 12.6. The second-order valence-electron chi connectivity index (χ2n) is 14.8. The van der Waals surface area contributed by atoms with E-state index in [1.54, 1.807) is 12.1 Å². The molecule has 1 aliphatic heterocycles. The number of anilines is 2. The zero-order valence-electron chi connectivity index (χ0n) is 32.7. The van der Waals surface area contributed by atoms with E-state index in [2.05, 4.69) is 33.7 Å². The number of hydrogen-bond acceptors (Lipinski definition) is 8. The van der Waals surface area contributed by atoms with Gasteiger partial charge in [0.15, 0.2) is 6.29 Å². The SMILES string of the molecule is C[C@@H]([C@H](O)c1ccccc1)N(C)C[C@H]1C[C@@H](c2ccc(CO)cc2)O[C@@H](c2ccc(-c3cccc(CNC(=O)CCCCC(=O)Nc4ccccc4N)c3)cc2)O1. The van der Waals surface area contributed by atoms with Gasteiger partial charge in [0.2, 0.25) is 11.8 Å². The third-order valence-corrected chi connectivity index (χ3v) is 10.6. The number of unbranched alkanes of at least 4 members (excludes halogenated alkanes) is 1. The molecule has 0 saturated carbocycles. The lowest BCUT2D eigenvalue weighted by molar-refractivity contribution is -0.253. The summed E-state index contributed by atoms with van der Waals surface area (Å²) in [6, 6.07) is 40.8. The minimum atomic E-state index is -0.645. The number of nitrogen functional groups attached to an aromatic ring is 1. The number of ether oxygens (including phenoxy) is 2. The van der Waals surface area contributed by atoms with E-state index in [9.17, 15) is 19.8 Å². The molecule has 0 unspecified atom stereocenters. The molecule has 1 heterocycles. The molecule has 0 spiro atoms. The van der Waals surface area contributed by atoms with Crippen molar-refractivity contribution in [2.24, 2.45) is 0 Å². The van der Waals surface area contributed by atoms with Crippen LogP contribution >= 0.6 is 0 Å².